The number of para-hydroxylation sites is 2. The van der Waals surface area contributed by atoms with E-state index in [4.69, 9.17) is 0 Å². The molecule has 0 unspecified atom stereocenters. The predicted molar refractivity (Wildman–Crippen MR) is 216 cm³/mol. The van der Waals surface area contributed by atoms with Gasteiger partial charge in [-0.15, -0.1) is 0 Å². The van der Waals surface area contributed by atoms with Gasteiger partial charge in [0.05, 0.1) is 45.1 Å². The Morgan fingerprint density at radius 1 is 0.370 bits per heavy atom. The van der Waals surface area contributed by atoms with Crippen LogP contribution in [0.25, 0.3) is 88.4 Å². The van der Waals surface area contributed by atoms with Gasteiger partial charge in [0.2, 0.25) is 0 Å². The highest BCUT2D eigenvalue weighted by molar-refractivity contribution is 6.13. The molecule has 8 aromatic carbocycles. The van der Waals surface area contributed by atoms with Crippen molar-refractivity contribution < 1.29 is 8.78 Å². The van der Waals surface area contributed by atoms with E-state index in [0.717, 1.165) is 83.3 Å². The van der Waals surface area contributed by atoms with E-state index >= 15 is 0 Å². The number of hydrogen-bond acceptors (Lipinski definition) is 1. The zero-order chi connectivity index (χ0) is 36.3. The van der Waals surface area contributed by atoms with Crippen LogP contribution in [0.15, 0.2) is 176 Å². The Morgan fingerprint density at radius 3 is 1.31 bits per heavy atom. The first kappa shape index (κ1) is 31.4. The summed E-state index contributed by atoms with van der Waals surface area (Å²) in [6.07, 6.45) is 0. The van der Waals surface area contributed by atoms with Crippen molar-refractivity contribution in [2.75, 3.05) is 0 Å². The van der Waals surface area contributed by atoms with Gasteiger partial charge in [-0.2, -0.15) is 5.26 Å². The average molecular weight is 698 g/mol. The fourth-order valence-corrected chi connectivity index (χ4v) is 8.06. The molecule has 0 radical (unpaired) electrons. The fraction of sp³-hybridized carbons (Fsp3) is 0. The summed E-state index contributed by atoms with van der Waals surface area (Å²) in [6.45, 7) is 0. The van der Waals surface area contributed by atoms with Crippen LogP contribution in [0, 0.1) is 23.0 Å². The van der Waals surface area contributed by atoms with Gasteiger partial charge in [-0.3, -0.25) is 0 Å². The smallest absolute Gasteiger partial charge is 0.126 e. The quantitative estimate of drug-likeness (QED) is 0.176. The molecule has 0 N–H and O–H groups in total. The van der Waals surface area contributed by atoms with Gasteiger partial charge in [-0.05, 0) is 88.5 Å². The predicted octanol–water partition coefficient (Wildman–Crippen LogP) is 13.0. The van der Waals surface area contributed by atoms with Crippen LogP contribution in [-0.2, 0) is 0 Å². The minimum atomic E-state index is -0.707. The van der Waals surface area contributed by atoms with Gasteiger partial charge in [0, 0.05) is 33.2 Å². The van der Waals surface area contributed by atoms with E-state index in [1.807, 2.05) is 72.8 Å². The van der Waals surface area contributed by atoms with E-state index in [1.54, 1.807) is 0 Å². The Bertz CT molecular complexity index is 3110. The first-order valence-electron chi connectivity index (χ1n) is 17.8. The molecule has 0 aliphatic rings. The number of hydrogen-bond donors (Lipinski definition) is 0. The Morgan fingerprint density at radius 2 is 0.815 bits per heavy atom. The minimum Gasteiger partial charge on any atom is -0.307 e. The van der Waals surface area contributed by atoms with E-state index in [-0.39, 0.29) is 0 Å². The van der Waals surface area contributed by atoms with Crippen molar-refractivity contribution in [3.63, 3.8) is 0 Å². The van der Waals surface area contributed by atoms with E-state index in [1.165, 1.54) is 12.1 Å². The first-order chi connectivity index (χ1) is 26.6. The van der Waals surface area contributed by atoms with Crippen molar-refractivity contribution in [1.82, 2.24) is 9.13 Å². The minimum absolute atomic E-state index is 0.290. The van der Waals surface area contributed by atoms with Crippen molar-refractivity contribution in [3.05, 3.63) is 193 Å². The molecule has 3 nitrogen and oxygen atoms in total. The summed E-state index contributed by atoms with van der Waals surface area (Å²) in [5, 5.41) is 15.0. The Labute approximate surface area is 309 Å². The highest BCUT2D eigenvalue weighted by Gasteiger charge is 2.23. The van der Waals surface area contributed by atoms with E-state index in [0.29, 0.717) is 16.7 Å². The van der Waals surface area contributed by atoms with Crippen LogP contribution in [0.2, 0.25) is 0 Å². The SMILES string of the molecule is N#Cc1cc(-n2c3ccccc3c3cc(-c4ccccc4)ccc32)c(-n2c3ccccc3c3cc(-c4ccccc4)ccc32)cc1-c1cc(F)cc(F)c1. The van der Waals surface area contributed by atoms with Crippen LogP contribution in [0.4, 0.5) is 8.78 Å². The Kier molecular flexibility index (Phi) is 7.24. The molecular formula is C49H29F2N3. The number of benzene rings is 8. The molecule has 2 aromatic heterocycles. The van der Waals surface area contributed by atoms with Crippen LogP contribution >= 0.6 is 0 Å². The third-order valence-corrected chi connectivity index (χ3v) is 10.4. The average Bonchev–Trinajstić information content (AvgIpc) is 3.72. The topological polar surface area (TPSA) is 33.6 Å². The zero-order valence-corrected chi connectivity index (χ0v) is 28.8. The van der Waals surface area contributed by atoms with Crippen molar-refractivity contribution in [2.45, 2.75) is 0 Å². The zero-order valence-electron chi connectivity index (χ0n) is 28.8. The molecule has 0 bridgehead atoms. The summed E-state index contributed by atoms with van der Waals surface area (Å²) in [5.41, 5.74) is 10.9. The molecule has 10 aromatic rings. The molecule has 0 saturated carbocycles. The number of nitriles is 1. The third-order valence-electron chi connectivity index (χ3n) is 10.4. The van der Waals surface area contributed by atoms with Crippen LogP contribution in [0.5, 0.6) is 0 Å². The normalized spacial score (nSPS) is 11.5. The van der Waals surface area contributed by atoms with Gasteiger partial charge in [0.25, 0.3) is 0 Å². The second kappa shape index (κ2) is 12.4. The first-order valence-corrected chi connectivity index (χ1v) is 17.8. The summed E-state index contributed by atoms with van der Waals surface area (Å²) in [7, 11) is 0. The summed E-state index contributed by atoms with van der Waals surface area (Å²) in [5.74, 6) is -1.41. The van der Waals surface area contributed by atoms with Gasteiger partial charge in [-0.1, -0.05) is 109 Å². The fourth-order valence-electron chi connectivity index (χ4n) is 8.06. The summed E-state index contributed by atoms with van der Waals surface area (Å²) in [4.78, 5) is 0. The Hall–Kier alpha value is -7.29. The molecule has 2 heterocycles. The maximum atomic E-state index is 14.8. The van der Waals surface area contributed by atoms with Gasteiger partial charge in [0.1, 0.15) is 11.6 Å². The lowest BCUT2D eigenvalue weighted by atomic mass is 9.97. The monoisotopic (exact) mass is 697 g/mol. The summed E-state index contributed by atoms with van der Waals surface area (Å²) < 4.78 is 34.0. The third kappa shape index (κ3) is 5.00. The molecule has 254 valence electrons. The lowest BCUT2D eigenvalue weighted by Gasteiger charge is -2.19. The lowest BCUT2D eigenvalue weighted by Crippen LogP contribution is -2.05. The largest absolute Gasteiger partial charge is 0.307 e. The molecule has 0 amide bonds. The van der Waals surface area contributed by atoms with E-state index in [2.05, 4.69) is 100 Å². The van der Waals surface area contributed by atoms with Crippen molar-refractivity contribution >= 4 is 43.6 Å². The maximum absolute atomic E-state index is 14.8. The molecule has 0 saturated heterocycles. The van der Waals surface area contributed by atoms with Crippen molar-refractivity contribution in [2.24, 2.45) is 0 Å². The second-order valence-electron chi connectivity index (χ2n) is 13.6. The molecule has 10 rings (SSSR count). The molecule has 5 heteroatoms. The Balaban J connectivity index is 1.33. The van der Waals surface area contributed by atoms with Crippen LogP contribution in [0.3, 0.4) is 0 Å². The number of fused-ring (bicyclic) bond motifs is 6. The highest BCUT2D eigenvalue weighted by atomic mass is 19.1. The van der Waals surface area contributed by atoms with E-state index in [9.17, 15) is 14.0 Å². The number of aromatic nitrogens is 2. The van der Waals surface area contributed by atoms with Crippen LogP contribution in [-0.4, -0.2) is 9.13 Å². The van der Waals surface area contributed by atoms with Gasteiger partial charge in [-0.25, -0.2) is 8.78 Å². The number of rotatable bonds is 5. The molecular weight excluding hydrogens is 669 g/mol. The van der Waals surface area contributed by atoms with Gasteiger partial charge < -0.3 is 9.13 Å². The molecule has 0 aliphatic heterocycles. The molecule has 0 aliphatic carbocycles. The molecule has 54 heavy (non-hydrogen) atoms. The standard InChI is InChI=1S/C49H29F2N3/c50-37-23-35(24-38(51)28-37)41-29-49(54-45-18-10-8-16-40(45)43-26-34(20-22-47(43)54)32-13-5-2-6-14-32)48(27-36(41)30-52)53-44-17-9-7-15-39(44)42-25-33(19-21-46(42)53)31-11-3-1-4-12-31/h1-29H. The molecule has 0 atom stereocenters. The molecule has 0 spiro atoms. The number of halogens is 2. The maximum Gasteiger partial charge on any atom is 0.126 e. The van der Waals surface area contributed by atoms with Crippen LogP contribution < -0.4 is 0 Å². The summed E-state index contributed by atoms with van der Waals surface area (Å²) in [6, 6.07) is 59.7. The van der Waals surface area contributed by atoms with E-state index < -0.39 is 11.6 Å². The van der Waals surface area contributed by atoms with Gasteiger partial charge in [0.15, 0.2) is 0 Å². The van der Waals surface area contributed by atoms with Crippen molar-refractivity contribution in [3.8, 4) is 50.8 Å². The van der Waals surface area contributed by atoms with Crippen LogP contribution in [0.1, 0.15) is 5.56 Å². The number of nitrogens with zero attached hydrogens (tertiary/aromatic N) is 3. The molecule has 0 fully saturated rings. The van der Waals surface area contributed by atoms with Crippen molar-refractivity contribution in [1.29, 1.82) is 5.26 Å². The highest BCUT2D eigenvalue weighted by Crippen LogP contribution is 2.42. The summed E-state index contributed by atoms with van der Waals surface area (Å²) >= 11 is 0. The lowest BCUT2D eigenvalue weighted by molar-refractivity contribution is 0.584. The van der Waals surface area contributed by atoms with Gasteiger partial charge >= 0.3 is 0 Å². The second-order valence-corrected chi connectivity index (χ2v) is 13.6.